The van der Waals surface area contributed by atoms with Crippen LogP contribution in [0, 0.1) is 11.2 Å². The molecule has 6 nitrogen and oxygen atoms in total. The molecule has 0 atom stereocenters. The number of sulfone groups is 1. The second-order valence-electron chi connectivity index (χ2n) is 6.97. The van der Waals surface area contributed by atoms with E-state index in [1.807, 2.05) is 6.92 Å². The monoisotopic (exact) mass is 527 g/mol. The zero-order valence-corrected chi connectivity index (χ0v) is 19.7. The predicted molar refractivity (Wildman–Crippen MR) is 121 cm³/mol. The molecule has 1 aromatic rings. The van der Waals surface area contributed by atoms with Crippen LogP contribution in [-0.2, 0) is 14.6 Å². The Balaban J connectivity index is 0.00000392. The van der Waals surface area contributed by atoms with E-state index in [0.29, 0.717) is 19.0 Å². The third-order valence-corrected chi connectivity index (χ3v) is 6.75. The van der Waals surface area contributed by atoms with Crippen LogP contribution >= 0.6 is 24.0 Å². The van der Waals surface area contributed by atoms with Crippen LogP contribution in [0.5, 0.6) is 0 Å². The van der Waals surface area contributed by atoms with Crippen molar-refractivity contribution >= 4 is 39.8 Å². The van der Waals surface area contributed by atoms with Crippen molar-refractivity contribution in [1.29, 1.82) is 0 Å². The van der Waals surface area contributed by atoms with Gasteiger partial charge in [0.15, 0.2) is 15.8 Å². The van der Waals surface area contributed by atoms with Crippen LogP contribution < -0.4 is 10.6 Å². The van der Waals surface area contributed by atoms with Crippen LogP contribution in [0.3, 0.4) is 0 Å². The molecular weight excluding hydrogens is 496 g/mol. The molecule has 1 aromatic carbocycles. The van der Waals surface area contributed by atoms with Crippen LogP contribution in [0.15, 0.2) is 34.2 Å². The summed E-state index contributed by atoms with van der Waals surface area (Å²) in [6, 6.07) is 5.44. The molecule has 1 fully saturated rings. The molecule has 0 unspecified atom stereocenters. The molecule has 0 heterocycles. The molecule has 0 radical (unpaired) electrons. The van der Waals surface area contributed by atoms with Crippen molar-refractivity contribution < 1.29 is 17.5 Å². The molecule has 0 spiro atoms. The lowest BCUT2D eigenvalue weighted by molar-refractivity contribution is 0.0778. The molecule has 0 bridgehead atoms. The Morgan fingerprint density at radius 1 is 1.29 bits per heavy atom. The van der Waals surface area contributed by atoms with Gasteiger partial charge in [0.2, 0.25) is 0 Å². The van der Waals surface area contributed by atoms with Crippen LogP contribution in [0.1, 0.15) is 32.6 Å². The highest BCUT2D eigenvalue weighted by Gasteiger charge is 2.36. The fourth-order valence-electron chi connectivity index (χ4n) is 3.18. The molecule has 1 aliphatic carbocycles. The zero-order valence-electron chi connectivity index (χ0n) is 16.5. The minimum Gasteiger partial charge on any atom is -0.385 e. The first-order valence-electron chi connectivity index (χ1n) is 9.41. The first-order chi connectivity index (χ1) is 12.9. The van der Waals surface area contributed by atoms with Crippen molar-refractivity contribution in [1.82, 2.24) is 10.6 Å². The minimum atomic E-state index is -3.69. The number of aliphatic imine (C=N–C) groups is 1. The highest BCUT2D eigenvalue weighted by atomic mass is 127. The SMILES string of the molecule is CCNC(=NCC1(CCOC)CCC1)NCCS(=O)(=O)c1ccccc1F.I. The van der Waals surface area contributed by atoms with Gasteiger partial charge in [0.25, 0.3) is 0 Å². The Bertz CT molecular complexity index is 740. The van der Waals surface area contributed by atoms with Gasteiger partial charge >= 0.3 is 0 Å². The molecule has 0 amide bonds. The quantitative estimate of drug-likeness (QED) is 0.278. The molecule has 0 saturated heterocycles. The number of ether oxygens (including phenoxy) is 1. The maximum atomic E-state index is 13.7. The normalized spacial score (nSPS) is 16.0. The zero-order chi connectivity index (χ0) is 19.8. The number of hydrogen-bond acceptors (Lipinski definition) is 4. The Labute approximate surface area is 184 Å². The van der Waals surface area contributed by atoms with Crippen LogP contribution in [0.4, 0.5) is 4.39 Å². The van der Waals surface area contributed by atoms with Crippen molar-refractivity contribution in [2.75, 3.05) is 39.1 Å². The van der Waals surface area contributed by atoms with E-state index in [0.717, 1.165) is 31.9 Å². The number of rotatable bonds is 10. The Morgan fingerprint density at radius 3 is 2.57 bits per heavy atom. The Hall–Kier alpha value is -0.940. The third kappa shape index (κ3) is 7.14. The first kappa shape index (κ1) is 25.1. The Kier molecular flexibility index (Phi) is 10.7. The van der Waals surface area contributed by atoms with Crippen LogP contribution in [0.25, 0.3) is 0 Å². The van der Waals surface area contributed by atoms with Gasteiger partial charge < -0.3 is 15.4 Å². The molecule has 28 heavy (non-hydrogen) atoms. The lowest BCUT2D eigenvalue weighted by Gasteiger charge is -2.40. The number of benzene rings is 1. The number of methoxy groups -OCH3 is 1. The van der Waals surface area contributed by atoms with Gasteiger partial charge in [-0.1, -0.05) is 18.6 Å². The van der Waals surface area contributed by atoms with Gasteiger partial charge in [0.1, 0.15) is 10.7 Å². The summed E-state index contributed by atoms with van der Waals surface area (Å²) < 4.78 is 43.6. The summed E-state index contributed by atoms with van der Waals surface area (Å²) >= 11 is 0. The Morgan fingerprint density at radius 2 is 2.00 bits per heavy atom. The maximum absolute atomic E-state index is 13.7. The highest BCUT2D eigenvalue weighted by Crippen LogP contribution is 2.44. The fraction of sp³-hybridized carbons (Fsp3) is 0.632. The summed E-state index contributed by atoms with van der Waals surface area (Å²) in [6.07, 6.45) is 4.47. The summed E-state index contributed by atoms with van der Waals surface area (Å²) in [7, 11) is -1.98. The summed E-state index contributed by atoms with van der Waals surface area (Å²) in [4.78, 5) is 4.38. The largest absolute Gasteiger partial charge is 0.385 e. The lowest BCUT2D eigenvalue weighted by atomic mass is 9.67. The topological polar surface area (TPSA) is 79.8 Å². The summed E-state index contributed by atoms with van der Waals surface area (Å²) in [5, 5.41) is 6.18. The minimum absolute atomic E-state index is 0. The number of halogens is 2. The van der Waals surface area contributed by atoms with Crippen molar-refractivity contribution in [3.8, 4) is 0 Å². The van der Waals surface area contributed by atoms with Crippen LogP contribution in [0.2, 0.25) is 0 Å². The summed E-state index contributed by atoms with van der Waals surface area (Å²) in [5.41, 5.74) is 0.192. The fourth-order valence-corrected chi connectivity index (χ4v) is 4.42. The average molecular weight is 527 g/mol. The molecule has 160 valence electrons. The van der Waals surface area contributed by atoms with E-state index in [2.05, 4.69) is 15.6 Å². The number of nitrogens with zero attached hydrogens (tertiary/aromatic N) is 1. The molecular formula is C19H31FIN3O3S. The van der Waals surface area contributed by atoms with Crippen LogP contribution in [-0.4, -0.2) is 53.5 Å². The van der Waals surface area contributed by atoms with E-state index in [1.54, 1.807) is 7.11 Å². The molecule has 0 aliphatic heterocycles. The summed E-state index contributed by atoms with van der Waals surface area (Å²) in [6.45, 7) is 4.20. The molecule has 1 aliphatic rings. The maximum Gasteiger partial charge on any atom is 0.191 e. The first-order valence-corrected chi connectivity index (χ1v) is 11.1. The van der Waals surface area contributed by atoms with E-state index in [9.17, 15) is 12.8 Å². The summed E-state index contributed by atoms with van der Waals surface area (Å²) in [5.74, 6) is -0.333. The molecule has 2 rings (SSSR count). The second-order valence-corrected chi connectivity index (χ2v) is 9.05. The van der Waals surface area contributed by atoms with Crippen molar-refractivity contribution in [3.63, 3.8) is 0 Å². The van der Waals surface area contributed by atoms with Gasteiger partial charge in [0.05, 0.1) is 5.75 Å². The average Bonchev–Trinajstić information content (AvgIpc) is 2.60. The second kappa shape index (κ2) is 11.9. The van der Waals surface area contributed by atoms with Gasteiger partial charge in [-0.3, -0.25) is 4.99 Å². The smallest absolute Gasteiger partial charge is 0.191 e. The van der Waals surface area contributed by atoms with Crippen molar-refractivity contribution in [2.24, 2.45) is 10.4 Å². The van der Waals surface area contributed by atoms with Gasteiger partial charge in [-0.15, -0.1) is 24.0 Å². The number of hydrogen-bond donors (Lipinski definition) is 2. The predicted octanol–water partition coefficient (Wildman–Crippen LogP) is 2.98. The lowest BCUT2D eigenvalue weighted by Crippen LogP contribution is -2.41. The van der Waals surface area contributed by atoms with E-state index in [1.165, 1.54) is 24.6 Å². The van der Waals surface area contributed by atoms with Gasteiger partial charge in [0, 0.05) is 33.4 Å². The number of nitrogens with one attached hydrogen (secondary N) is 2. The van der Waals surface area contributed by atoms with Crippen molar-refractivity contribution in [3.05, 3.63) is 30.1 Å². The molecule has 1 saturated carbocycles. The van der Waals surface area contributed by atoms with E-state index < -0.39 is 15.7 Å². The molecule has 2 N–H and O–H groups in total. The van der Waals surface area contributed by atoms with E-state index in [-0.39, 0.29) is 46.6 Å². The van der Waals surface area contributed by atoms with Gasteiger partial charge in [-0.2, -0.15) is 0 Å². The number of guanidine groups is 1. The van der Waals surface area contributed by atoms with E-state index >= 15 is 0 Å². The van der Waals surface area contributed by atoms with Gasteiger partial charge in [-0.05, 0) is 43.7 Å². The standard InChI is InChI=1S/C19H30FN3O3S.HI/c1-3-21-18(23-15-19(9-6-10-19)11-13-26-2)22-12-14-27(24,25)17-8-5-4-7-16(17)20;/h4-5,7-8H,3,6,9-15H2,1-2H3,(H2,21,22,23);1H. The highest BCUT2D eigenvalue weighted by molar-refractivity contribution is 14.0. The van der Waals surface area contributed by atoms with Gasteiger partial charge in [-0.25, -0.2) is 12.8 Å². The third-order valence-electron chi connectivity index (χ3n) is 5.00. The van der Waals surface area contributed by atoms with Crippen molar-refractivity contribution in [2.45, 2.75) is 37.5 Å². The molecule has 9 heteroatoms. The molecule has 0 aromatic heterocycles. The van der Waals surface area contributed by atoms with E-state index in [4.69, 9.17) is 4.74 Å².